The molecule has 2 fully saturated rings. The molecule has 2 rings (SSSR count). The summed E-state index contributed by atoms with van der Waals surface area (Å²) in [5, 5.41) is 28.2. The van der Waals surface area contributed by atoms with Gasteiger partial charge < -0.3 is 24.8 Å². The number of hydrogen-bond donors (Lipinski definition) is 3. The van der Waals surface area contributed by atoms with Crippen molar-refractivity contribution in [2.24, 2.45) is 11.8 Å². The van der Waals surface area contributed by atoms with Crippen molar-refractivity contribution in [2.75, 3.05) is 20.3 Å². The summed E-state index contributed by atoms with van der Waals surface area (Å²) in [6, 6.07) is 0. The fourth-order valence-electron chi connectivity index (χ4n) is 2.54. The summed E-state index contributed by atoms with van der Waals surface area (Å²) < 4.78 is 24.4. The van der Waals surface area contributed by atoms with E-state index in [1.165, 1.54) is 0 Å². The van der Waals surface area contributed by atoms with Gasteiger partial charge in [-0.2, -0.15) is 0 Å². The summed E-state index contributed by atoms with van der Waals surface area (Å²) in [6.45, 7) is -0.332. The molecule has 0 spiro atoms. The second-order valence-corrected chi connectivity index (χ2v) is 3.85. The largest absolute Gasteiger partial charge is 0.396 e. The number of aliphatic hydroxyl groups excluding tert-OH is 3. The van der Waals surface area contributed by atoms with Gasteiger partial charge in [0, 0.05) is 76.2 Å². The Morgan fingerprint density at radius 3 is 2.53 bits per heavy atom. The molecule has 0 aromatic carbocycles. The third-order valence-electron chi connectivity index (χ3n) is 3.28. The van der Waals surface area contributed by atoms with Crippen molar-refractivity contribution >= 4 is 0 Å². The Morgan fingerprint density at radius 1 is 1.40 bits per heavy atom. The van der Waals surface area contributed by atoms with Gasteiger partial charge in [-0.1, -0.05) is 0 Å². The molecular formula is C9H16AcO5. The van der Waals surface area contributed by atoms with Crippen LogP contribution in [0.15, 0.2) is 0 Å². The Kier molecular flexibility index (Phi) is 4.33. The minimum absolute atomic E-state index is 0. The summed E-state index contributed by atoms with van der Waals surface area (Å²) in [5.74, 6) is -0.609. The van der Waals surface area contributed by atoms with Gasteiger partial charge in [-0.15, -0.1) is 0 Å². The third kappa shape index (κ3) is 2.15. The van der Waals surface area contributed by atoms with E-state index in [1.54, 1.807) is 0 Å². The maximum atomic E-state index is 9.83. The average molecular weight is 434 g/mol. The molecule has 0 aliphatic carbocycles. The molecule has 0 aromatic heterocycles. The number of aliphatic hydroxyl groups is 3. The van der Waals surface area contributed by atoms with Crippen molar-refractivity contribution in [3.05, 3.63) is 0 Å². The molecule has 6 heteroatoms. The minimum atomic E-state index is -1.49. The molecule has 15 heavy (non-hydrogen) atoms. The first-order valence-corrected chi connectivity index (χ1v) is 4.65. The summed E-state index contributed by atoms with van der Waals surface area (Å²) >= 11 is 0. The molecule has 0 saturated carbocycles. The topological polar surface area (TPSA) is 79.2 Å². The first-order valence-electron chi connectivity index (χ1n) is 5.80. The summed E-state index contributed by atoms with van der Waals surface area (Å²) in [5.41, 5.74) is 0. The van der Waals surface area contributed by atoms with E-state index in [9.17, 15) is 10.2 Å². The zero-order valence-electron chi connectivity index (χ0n) is 10.2. The van der Waals surface area contributed by atoms with E-state index in [1.807, 2.05) is 0 Å². The SMILES string of the molecule is [2H]C([3H])O[C@H]1C(O)C2O[C@H]1C(CO)C2CO.[Ac]. The van der Waals surface area contributed by atoms with Crippen molar-refractivity contribution in [3.63, 3.8) is 0 Å². The fraction of sp³-hybridized carbons (Fsp3) is 1.00. The first kappa shape index (κ1) is 11.3. The smallest absolute Gasteiger partial charge is 0.112 e. The molecule has 5 unspecified atom stereocenters. The van der Waals surface area contributed by atoms with Gasteiger partial charge in [0.25, 0.3) is 0 Å². The number of rotatable bonds is 3. The Bertz CT molecular complexity index is 256. The van der Waals surface area contributed by atoms with E-state index in [2.05, 4.69) is 0 Å². The molecular weight excluding hydrogens is 415 g/mol. The van der Waals surface area contributed by atoms with Crippen LogP contribution >= 0.6 is 0 Å². The van der Waals surface area contributed by atoms with Crippen LogP contribution in [-0.2, 0) is 9.47 Å². The summed E-state index contributed by atoms with van der Waals surface area (Å²) in [7, 11) is -1.49. The van der Waals surface area contributed by atoms with Crippen LogP contribution in [0.4, 0.5) is 0 Å². The summed E-state index contributed by atoms with van der Waals surface area (Å²) in [4.78, 5) is 0. The number of ether oxygens (including phenoxy) is 2. The molecule has 0 amide bonds. The van der Waals surface area contributed by atoms with Gasteiger partial charge in [0.05, 0.1) is 14.9 Å². The monoisotopic (exact) mass is 434 g/mol. The molecule has 2 bridgehead atoms. The van der Waals surface area contributed by atoms with Gasteiger partial charge in [-0.05, 0) is 0 Å². The van der Waals surface area contributed by atoms with Gasteiger partial charge in [0.15, 0.2) is 0 Å². The maximum absolute atomic E-state index is 9.83. The van der Waals surface area contributed by atoms with Crippen LogP contribution in [0, 0.1) is 55.9 Å². The molecule has 7 atom stereocenters. The van der Waals surface area contributed by atoms with Crippen LogP contribution in [0.3, 0.4) is 0 Å². The molecule has 2 aliphatic heterocycles. The van der Waals surface area contributed by atoms with Crippen LogP contribution in [-0.4, -0.2) is 60.0 Å². The van der Waals surface area contributed by atoms with Crippen molar-refractivity contribution < 1.29 is 71.6 Å². The van der Waals surface area contributed by atoms with Gasteiger partial charge in [0.1, 0.15) is 12.2 Å². The molecule has 2 aliphatic rings. The predicted octanol–water partition coefficient (Wildman–Crippen LogP) is -1.64. The van der Waals surface area contributed by atoms with Crippen molar-refractivity contribution in [3.8, 4) is 0 Å². The molecule has 2 saturated heterocycles. The van der Waals surface area contributed by atoms with E-state index < -0.39 is 31.5 Å². The number of fused-ring (bicyclic) bond motifs is 2. The number of hydrogen-bond acceptors (Lipinski definition) is 5. The van der Waals surface area contributed by atoms with E-state index in [-0.39, 0.29) is 69.1 Å². The van der Waals surface area contributed by atoms with Crippen LogP contribution < -0.4 is 0 Å². The molecule has 1 radical (unpaired) electrons. The standard InChI is InChI=1S/C9H16O5.Ac/c1-13-9-6(12)7-4(2-10)5(3-11)8(9)14-7;/h4-12H,2-3H2,1H3;/t4?,5?,6?,7?,8-,9-;/m0./s1/i1TD;/t1?,4?,5?,6?,7?,8-,9-;. The second kappa shape index (κ2) is 5.72. The van der Waals surface area contributed by atoms with Gasteiger partial charge >= 0.3 is 0 Å². The van der Waals surface area contributed by atoms with Crippen molar-refractivity contribution in [1.82, 2.24) is 0 Å². The van der Waals surface area contributed by atoms with Crippen molar-refractivity contribution in [1.29, 1.82) is 0 Å². The molecule has 0 aromatic rings. The Labute approximate surface area is 127 Å². The third-order valence-corrected chi connectivity index (χ3v) is 3.28. The molecule has 5 nitrogen and oxygen atoms in total. The van der Waals surface area contributed by atoms with E-state index in [0.29, 0.717) is 0 Å². The zero-order valence-corrected chi connectivity index (χ0v) is 12.9. The first-order chi connectivity index (χ1) is 7.60. The van der Waals surface area contributed by atoms with Crippen LogP contribution in [0.1, 0.15) is 2.74 Å². The predicted molar refractivity (Wildman–Crippen MR) is 46.6 cm³/mol. The van der Waals surface area contributed by atoms with Crippen LogP contribution in [0.2, 0.25) is 0 Å². The van der Waals surface area contributed by atoms with E-state index in [0.717, 1.165) is 0 Å². The van der Waals surface area contributed by atoms with Crippen molar-refractivity contribution in [2.45, 2.75) is 24.4 Å². The van der Waals surface area contributed by atoms with Crippen LogP contribution in [0.5, 0.6) is 0 Å². The average Bonchev–Trinajstić information content (AvgIpc) is 2.74. The number of methoxy groups -OCH3 is 1. The molecule has 2 heterocycles. The normalized spacial score (nSPS) is 51.9. The van der Waals surface area contributed by atoms with Gasteiger partial charge in [-0.25, -0.2) is 0 Å². The van der Waals surface area contributed by atoms with Gasteiger partial charge in [-0.3, -0.25) is 0 Å². The van der Waals surface area contributed by atoms with E-state index >= 15 is 0 Å². The zero-order chi connectivity index (χ0) is 11.9. The maximum Gasteiger partial charge on any atom is 0.112 e. The van der Waals surface area contributed by atoms with Crippen LogP contribution in [0.25, 0.3) is 0 Å². The minimum Gasteiger partial charge on any atom is -0.396 e. The Balaban J connectivity index is 0.00000144. The quantitative estimate of drug-likeness (QED) is 0.497. The Hall–Kier alpha value is 1.24. The fourth-order valence-corrected chi connectivity index (χ4v) is 2.54. The Morgan fingerprint density at radius 2 is 2.00 bits per heavy atom. The summed E-state index contributed by atoms with van der Waals surface area (Å²) in [6.07, 6.45) is -2.82. The van der Waals surface area contributed by atoms with E-state index in [4.69, 9.17) is 17.3 Å². The second-order valence-electron chi connectivity index (χ2n) is 3.85. The van der Waals surface area contributed by atoms with Gasteiger partial charge in [0.2, 0.25) is 0 Å². The molecule has 3 N–H and O–H groups in total. The molecule has 85 valence electrons.